The normalized spacial score (nSPS) is 15.5. The van der Waals surface area contributed by atoms with Crippen LogP contribution in [0.3, 0.4) is 0 Å². The van der Waals surface area contributed by atoms with E-state index in [1.165, 1.54) is 12.8 Å². The molecule has 0 saturated heterocycles. The van der Waals surface area contributed by atoms with E-state index in [0.717, 1.165) is 17.7 Å². The highest BCUT2D eigenvalue weighted by molar-refractivity contribution is 5.31. The van der Waals surface area contributed by atoms with E-state index in [2.05, 4.69) is 10.3 Å². The predicted molar refractivity (Wildman–Crippen MR) is 84.1 cm³/mol. The van der Waals surface area contributed by atoms with Gasteiger partial charge in [0.25, 0.3) is 0 Å². The molecule has 0 radical (unpaired) electrons. The van der Waals surface area contributed by atoms with Crippen LogP contribution in [0, 0.1) is 11.7 Å². The van der Waals surface area contributed by atoms with E-state index >= 15 is 0 Å². The molecule has 0 aliphatic heterocycles. The zero-order valence-corrected chi connectivity index (χ0v) is 12.8. The van der Waals surface area contributed by atoms with Gasteiger partial charge in [0.1, 0.15) is 0 Å². The van der Waals surface area contributed by atoms with Crippen molar-refractivity contribution in [3.8, 4) is 5.75 Å². The van der Waals surface area contributed by atoms with Crippen LogP contribution in [0.4, 0.5) is 4.39 Å². The number of pyridine rings is 1. The Labute approximate surface area is 130 Å². The third kappa shape index (κ3) is 4.04. The Balaban J connectivity index is 1.57. The Morgan fingerprint density at radius 3 is 2.73 bits per heavy atom. The quantitative estimate of drug-likeness (QED) is 0.843. The van der Waals surface area contributed by atoms with Crippen molar-refractivity contribution in [1.82, 2.24) is 10.3 Å². The van der Waals surface area contributed by atoms with Crippen molar-refractivity contribution in [1.29, 1.82) is 0 Å². The molecular formula is C18H21FN2O. The van der Waals surface area contributed by atoms with Crippen LogP contribution in [0.15, 0.2) is 42.7 Å². The lowest BCUT2D eigenvalue weighted by Gasteiger charge is -2.15. The molecule has 1 aliphatic carbocycles. The zero-order valence-electron chi connectivity index (χ0n) is 12.8. The molecule has 3 nitrogen and oxygen atoms in total. The summed E-state index contributed by atoms with van der Waals surface area (Å²) in [6, 6.07) is 9.23. The van der Waals surface area contributed by atoms with Crippen LogP contribution < -0.4 is 10.1 Å². The van der Waals surface area contributed by atoms with Gasteiger partial charge in [0.15, 0.2) is 11.6 Å². The van der Waals surface area contributed by atoms with Gasteiger partial charge in [-0.05, 0) is 61.1 Å². The number of aromatic nitrogens is 1. The average Bonchev–Trinajstić information content (AvgIpc) is 3.36. The summed E-state index contributed by atoms with van der Waals surface area (Å²) in [5.74, 6) is 0.702. The van der Waals surface area contributed by atoms with Gasteiger partial charge in [-0.2, -0.15) is 0 Å². The highest BCUT2D eigenvalue weighted by atomic mass is 19.1. The molecule has 3 rings (SSSR count). The maximum Gasteiger partial charge on any atom is 0.165 e. The first-order chi connectivity index (χ1) is 10.7. The standard InChI is InChI=1S/C18H21FN2O/c1-13(21-11-14-6-8-20-9-7-14)16-4-5-18(17(19)10-16)22-12-15-2-3-15/h4-10,13,15,21H,2-3,11-12H2,1H3/t13-/m1/s1. The van der Waals surface area contributed by atoms with E-state index in [1.807, 2.05) is 25.1 Å². The van der Waals surface area contributed by atoms with Crippen molar-refractivity contribution in [2.45, 2.75) is 32.4 Å². The lowest BCUT2D eigenvalue weighted by atomic mass is 10.1. The molecule has 1 aromatic carbocycles. The van der Waals surface area contributed by atoms with Crippen molar-refractivity contribution in [3.63, 3.8) is 0 Å². The Hall–Kier alpha value is -1.94. The number of halogens is 1. The Bertz CT molecular complexity index is 614. The van der Waals surface area contributed by atoms with Crippen LogP contribution in [-0.2, 0) is 6.54 Å². The molecule has 1 fully saturated rings. The number of benzene rings is 1. The minimum atomic E-state index is -0.282. The van der Waals surface area contributed by atoms with Gasteiger partial charge in [-0.3, -0.25) is 4.98 Å². The summed E-state index contributed by atoms with van der Waals surface area (Å²) < 4.78 is 19.6. The summed E-state index contributed by atoms with van der Waals surface area (Å²) in [5, 5.41) is 3.39. The summed E-state index contributed by atoms with van der Waals surface area (Å²) in [5.41, 5.74) is 2.08. The van der Waals surface area contributed by atoms with Gasteiger partial charge in [0.05, 0.1) is 6.61 Å². The van der Waals surface area contributed by atoms with Crippen LogP contribution in [0.2, 0.25) is 0 Å². The van der Waals surface area contributed by atoms with E-state index in [9.17, 15) is 4.39 Å². The van der Waals surface area contributed by atoms with Crippen LogP contribution in [-0.4, -0.2) is 11.6 Å². The average molecular weight is 300 g/mol. The molecule has 2 aromatic rings. The maximum absolute atomic E-state index is 14.1. The fourth-order valence-corrected chi connectivity index (χ4v) is 2.29. The number of nitrogens with zero attached hydrogens (tertiary/aromatic N) is 1. The monoisotopic (exact) mass is 300 g/mol. The summed E-state index contributed by atoms with van der Waals surface area (Å²) >= 11 is 0. The van der Waals surface area contributed by atoms with Gasteiger partial charge in [-0.1, -0.05) is 6.07 Å². The zero-order chi connectivity index (χ0) is 15.4. The number of hydrogen-bond donors (Lipinski definition) is 1. The molecule has 0 unspecified atom stereocenters. The van der Waals surface area contributed by atoms with E-state index in [-0.39, 0.29) is 11.9 Å². The first-order valence-electron chi connectivity index (χ1n) is 7.77. The van der Waals surface area contributed by atoms with Crippen LogP contribution in [0.25, 0.3) is 0 Å². The van der Waals surface area contributed by atoms with E-state index < -0.39 is 0 Å². The molecule has 116 valence electrons. The van der Waals surface area contributed by atoms with Gasteiger partial charge >= 0.3 is 0 Å². The highest BCUT2D eigenvalue weighted by Crippen LogP contribution is 2.30. The topological polar surface area (TPSA) is 34.2 Å². The van der Waals surface area contributed by atoms with Crippen molar-refractivity contribution < 1.29 is 9.13 Å². The van der Waals surface area contributed by atoms with Crippen molar-refractivity contribution in [2.75, 3.05) is 6.61 Å². The fraction of sp³-hybridized carbons (Fsp3) is 0.389. The van der Waals surface area contributed by atoms with E-state index in [4.69, 9.17) is 4.74 Å². The lowest BCUT2D eigenvalue weighted by molar-refractivity contribution is 0.285. The SMILES string of the molecule is C[C@@H](NCc1ccncc1)c1ccc(OCC2CC2)c(F)c1. The van der Waals surface area contributed by atoms with Crippen LogP contribution in [0.5, 0.6) is 5.75 Å². The molecule has 1 heterocycles. The summed E-state index contributed by atoms with van der Waals surface area (Å²) in [4.78, 5) is 3.99. The summed E-state index contributed by atoms with van der Waals surface area (Å²) in [7, 11) is 0. The first kappa shape index (κ1) is 15.0. The second kappa shape index (κ2) is 6.88. The van der Waals surface area contributed by atoms with Gasteiger partial charge in [-0.25, -0.2) is 4.39 Å². The number of rotatable bonds is 7. The molecule has 1 atom stereocenters. The molecule has 0 spiro atoms. The van der Waals surface area contributed by atoms with Crippen LogP contribution >= 0.6 is 0 Å². The van der Waals surface area contributed by atoms with Crippen molar-refractivity contribution in [3.05, 3.63) is 59.7 Å². The molecule has 1 saturated carbocycles. The fourth-order valence-electron chi connectivity index (χ4n) is 2.29. The maximum atomic E-state index is 14.1. The molecule has 0 bridgehead atoms. The third-order valence-electron chi connectivity index (χ3n) is 3.99. The molecular weight excluding hydrogens is 279 g/mol. The minimum absolute atomic E-state index is 0.0696. The molecule has 1 aliphatic rings. The Morgan fingerprint density at radius 1 is 1.27 bits per heavy atom. The molecule has 22 heavy (non-hydrogen) atoms. The number of hydrogen-bond acceptors (Lipinski definition) is 3. The van der Waals surface area contributed by atoms with E-state index in [0.29, 0.717) is 18.3 Å². The Morgan fingerprint density at radius 2 is 2.05 bits per heavy atom. The van der Waals surface area contributed by atoms with E-state index in [1.54, 1.807) is 24.5 Å². The first-order valence-corrected chi connectivity index (χ1v) is 7.77. The molecule has 1 aromatic heterocycles. The van der Waals surface area contributed by atoms with Gasteiger partial charge in [0, 0.05) is 25.0 Å². The lowest BCUT2D eigenvalue weighted by Crippen LogP contribution is -2.18. The molecule has 4 heteroatoms. The smallest absolute Gasteiger partial charge is 0.165 e. The van der Waals surface area contributed by atoms with Gasteiger partial charge in [-0.15, -0.1) is 0 Å². The van der Waals surface area contributed by atoms with Crippen molar-refractivity contribution >= 4 is 0 Å². The third-order valence-corrected chi connectivity index (χ3v) is 3.99. The van der Waals surface area contributed by atoms with Crippen LogP contribution in [0.1, 0.15) is 36.9 Å². The second-order valence-electron chi connectivity index (χ2n) is 5.90. The Kier molecular flexibility index (Phi) is 4.68. The summed E-state index contributed by atoms with van der Waals surface area (Å²) in [6.45, 7) is 3.39. The second-order valence-corrected chi connectivity index (χ2v) is 5.90. The molecule has 0 amide bonds. The number of nitrogens with one attached hydrogen (secondary N) is 1. The summed E-state index contributed by atoms with van der Waals surface area (Å²) in [6.07, 6.45) is 5.95. The number of ether oxygens (including phenoxy) is 1. The van der Waals surface area contributed by atoms with Gasteiger partial charge < -0.3 is 10.1 Å². The molecule has 1 N–H and O–H groups in total. The largest absolute Gasteiger partial charge is 0.490 e. The van der Waals surface area contributed by atoms with Crippen molar-refractivity contribution in [2.24, 2.45) is 5.92 Å². The van der Waals surface area contributed by atoms with Gasteiger partial charge in [0.2, 0.25) is 0 Å². The minimum Gasteiger partial charge on any atom is -0.490 e. The highest BCUT2D eigenvalue weighted by Gasteiger charge is 2.22. The predicted octanol–water partition coefficient (Wildman–Crippen LogP) is 3.86.